The molecule has 3 N–H and O–H groups in total. The summed E-state index contributed by atoms with van der Waals surface area (Å²) in [5, 5.41) is 16.0. The number of rotatable bonds is 9. The third-order valence-electron chi connectivity index (χ3n) is 6.96. The number of likely N-dealkylation sites (tertiary alicyclic amines) is 1. The van der Waals surface area contributed by atoms with E-state index in [1.807, 2.05) is 24.3 Å². The number of nitrogens with one attached hydrogen (secondary N) is 3. The third-order valence-corrected chi connectivity index (χ3v) is 6.96. The van der Waals surface area contributed by atoms with Crippen molar-refractivity contribution in [3.63, 3.8) is 0 Å². The highest BCUT2D eigenvalue weighted by Gasteiger charge is 2.41. The van der Waals surface area contributed by atoms with Crippen molar-refractivity contribution in [3.05, 3.63) is 42.6 Å². The molecule has 0 saturated carbocycles. The lowest BCUT2D eigenvalue weighted by atomic mass is 9.97. The second-order valence-corrected chi connectivity index (χ2v) is 9.25. The average molecular weight is 478 g/mol. The lowest BCUT2D eigenvalue weighted by Gasteiger charge is -2.25. The summed E-state index contributed by atoms with van der Waals surface area (Å²) in [4.78, 5) is 43.5. The average Bonchev–Trinajstić information content (AvgIpc) is 3.59. The molecule has 3 heterocycles. The van der Waals surface area contributed by atoms with E-state index in [9.17, 15) is 19.6 Å². The molecule has 1 aromatic carbocycles. The van der Waals surface area contributed by atoms with Crippen LogP contribution in [-0.2, 0) is 9.59 Å². The molecule has 9 nitrogen and oxygen atoms in total. The van der Waals surface area contributed by atoms with Gasteiger partial charge >= 0.3 is 0 Å². The van der Waals surface area contributed by atoms with E-state index in [1.54, 1.807) is 18.1 Å². The normalized spacial score (nSPS) is 22.5. The number of H-pyrrole nitrogens is 1. The predicted octanol–water partition coefficient (Wildman–Crippen LogP) is 2.51. The quantitative estimate of drug-likeness (QED) is 0.478. The number of methoxy groups -OCH3 is 1. The minimum Gasteiger partial charge on any atom is -0.496 e. The van der Waals surface area contributed by atoms with Gasteiger partial charge in [-0.2, -0.15) is 5.26 Å². The first kappa shape index (κ1) is 24.3. The van der Waals surface area contributed by atoms with E-state index >= 15 is 0 Å². The van der Waals surface area contributed by atoms with Crippen LogP contribution in [-0.4, -0.2) is 59.9 Å². The topological polar surface area (TPSA) is 127 Å². The summed E-state index contributed by atoms with van der Waals surface area (Å²) in [6.45, 7) is 4.81. The fourth-order valence-corrected chi connectivity index (χ4v) is 5.10. The zero-order valence-corrected chi connectivity index (χ0v) is 19.9. The van der Waals surface area contributed by atoms with Crippen molar-refractivity contribution in [2.75, 3.05) is 20.2 Å². The molecule has 2 aliphatic heterocycles. The highest BCUT2D eigenvalue weighted by Crippen LogP contribution is 2.31. The van der Waals surface area contributed by atoms with Gasteiger partial charge in [-0.25, -0.2) is 0 Å². The van der Waals surface area contributed by atoms with E-state index in [1.165, 1.54) is 0 Å². The van der Waals surface area contributed by atoms with Gasteiger partial charge in [-0.3, -0.25) is 14.4 Å². The zero-order chi connectivity index (χ0) is 24.9. The number of fused-ring (bicyclic) bond motifs is 1. The summed E-state index contributed by atoms with van der Waals surface area (Å²) in [6, 6.07) is 7.91. The van der Waals surface area contributed by atoms with Crippen LogP contribution >= 0.6 is 0 Å². The standard InChI is InChI=1S/C26H31N5O4/c1-3-4-6-16-11-22(25(33)29-18(14-27)12-17-9-10-28-24(17)32)31(15-16)26(34)21-13-19-20(30-21)7-5-8-23(19)35-2/h3,5,7-8,13,16-18,22,30H,1,4,6,9-12,15H2,2H3,(H,28,32)(H,29,33). The van der Waals surface area contributed by atoms with Crippen LogP contribution in [0.4, 0.5) is 0 Å². The maximum atomic E-state index is 13.6. The number of nitrogens with zero attached hydrogens (tertiary/aromatic N) is 2. The number of ether oxygens (including phenoxy) is 1. The van der Waals surface area contributed by atoms with Gasteiger partial charge in [-0.1, -0.05) is 12.1 Å². The molecule has 2 aliphatic rings. The lowest BCUT2D eigenvalue weighted by Crippen LogP contribution is -2.49. The first-order valence-electron chi connectivity index (χ1n) is 12.0. The number of allylic oxidation sites excluding steroid dienone is 1. The molecule has 184 valence electrons. The minimum atomic E-state index is -0.794. The van der Waals surface area contributed by atoms with E-state index in [2.05, 4.69) is 28.3 Å². The monoisotopic (exact) mass is 477 g/mol. The lowest BCUT2D eigenvalue weighted by molar-refractivity contribution is -0.126. The molecular formula is C26H31N5O4. The summed E-state index contributed by atoms with van der Waals surface area (Å²) in [5.41, 5.74) is 1.15. The number of carbonyl (C=O) groups excluding carboxylic acids is 3. The Balaban J connectivity index is 1.53. The van der Waals surface area contributed by atoms with Gasteiger partial charge in [0.15, 0.2) is 0 Å². The van der Waals surface area contributed by atoms with Crippen LogP contribution in [0, 0.1) is 23.2 Å². The number of aromatic amines is 1. The number of carbonyl (C=O) groups is 3. The fourth-order valence-electron chi connectivity index (χ4n) is 5.10. The van der Waals surface area contributed by atoms with Crippen LogP contribution in [0.5, 0.6) is 5.75 Å². The first-order valence-corrected chi connectivity index (χ1v) is 12.0. The Morgan fingerprint density at radius 1 is 1.43 bits per heavy atom. The second kappa shape index (κ2) is 10.6. The molecule has 1 aromatic heterocycles. The molecule has 4 atom stereocenters. The fraction of sp³-hybridized carbons (Fsp3) is 0.462. The van der Waals surface area contributed by atoms with Crippen LogP contribution in [0.2, 0.25) is 0 Å². The Morgan fingerprint density at radius 3 is 2.94 bits per heavy atom. The van der Waals surface area contributed by atoms with Crippen molar-refractivity contribution in [1.82, 2.24) is 20.5 Å². The summed E-state index contributed by atoms with van der Waals surface area (Å²) in [6.07, 6.45) is 4.87. The van der Waals surface area contributed by atoms with Crippen molar-refractivity contribution in [2.24, 2.45) is 11.8 Å². The van der Waals surface area contributed by atoms with Crippen molar-refractivity contribution in [1.29, 1.82) is 5.26 Å². The highest BCUT2D eigenvalue weighted by atomic mass is 16.5. The first-order chi connectivity index (χ1) is 16.9. The zero-order valence-electron chi connectivity index (χ0n) is 19.9. The second-order valence-electron chi connectivity index (χ2n) is 9.25. The van der Waals surface area contributed by atoms with Crippen LogP contribution in [0.1, 0.15) is 42.6 Å². The molecule has 4 rings (SSSR count). The van der Waals surface area contributed by atoms with E-state index in [-0.39, 0.29) is 36.0 Å². The Labute approximate surface area is 204 Å². The minimum absolute atomic E-state index is 0.0871. The highest BCUT2D eigenvalue weighted by molar-refractivity contribution is 6.01. The largest absolute Gasteiger partial charge is 0.496 e. The Kier molecular flexibility index (Phi) is 7.39. The van der Waals surface area contributed by atoms with Gasteiger partial charge in [0.25, 0.3) is 5.91 Å². The summed E-state index contributed by atoms with van der Waals surface area (Å²) in [5.74, 6) is -0.205. The van der Waals surface area contributed by atoms with Crippen LogP contribution in [0.15, 0.2) is 36.9 Å². The number of benzene rings is 1. The molecule has 2 fully saturated rings. The van der Waals surface area contributed by atoms with E-state index in [0.717, 1.165) is 23.7 Å². The van der Waals surface area contributed by atoms with Gasteiger partial charge in [0.05, 0.1) is 13.2 Å². The van der Waals surface area contributed by atoms with Crippen molar-refractivity contribution < 1.29 is 19.1 Å². The molecule has 0 bridgehead atoms. The van der Waals surface area contributed by atoms with E-state index in [0.29, 0.717) is 37.4 Å². The molecule has 9 heteroatoms. The van der Waals surface area contributed by atoms with Crippen molar-refractivity contribution >= 4 is 28.6 Å². The van der Waals surface area contributed by atoms with Crippen molar-refractivity contribution in [2.45, 2.75) is 44.2 Å². The summed E-state index contributed by atoms with van der Waals surface area (Å²) >= 11 is 0. The number of amides is 3. The molecule has 4 unspecified atom stereocenters. The molecule has 2 aromatic rings. The van der Waals surface area contributed by atoms with Gasteiger partial charge < -0.3 is 25.3 Å². The Bertz CT molecular complexity index is 1170. The van der Waals surface area contributed by atoms with Gasteiger partial charge in [0.1, 0.15) is 23.5 Å². The van der Waals surface area contributed by atoms with Crippen LogP contribution in [0.3, 0.4) is 0 Å². The number of hydrogen-bond donors (Lipinski definition) is 3. The molecule has 0 radical (unpaired) electrons. The Hall–Kier alpha value is -3.80. The molecule has 0 spiro atoms. The maximum absolute atomic E-state index is 13.6. The van der Waals surface area contributed by atoms with Crippen LogP contribution < -0.4 is 15.4 Å². The van der Waals surface area contributed by atoms with Gasteiger partial charge in [0.2, 0.25) is 11.8 Å². The third kappa shape index (κ3) is 5.16. The van der Waals surface area contributed by atoms with E-state index in [4.69, 9.17) is 4.74 Å². The molecule has 0 aliphatic carbocycles. The Morgan fingerprint density at radius 2 is 2.26 bits per heavy atom. The summed E-state index contributed by atoms with van der Waals surface area (Å²) in [7, 11) is 1.58. The SMILES string of the molecule is C=CCCC1CC(C(=O)NC(C#N)CC2CCNC2=O)N(C(=O)c2cc3c(OC)cccc3[nH]2)C1. The molecular weight excluding hydrogens is 446 g/mol. The predicted molar refractivity (Wildman–Crippen MR) is 130 cm³/mol. The van der Waals surface area contributed by atoms with Crippen molar-refractivity contribution in [3.8, 4) is 11.8 Å². The number of hydrogen-bond acceptors (Lipinski definition) is 5. The smallest absolute Gasteiger partial charge is 0.270 e. The molecule has 3 amide bonds. The van der Waals surface area contributed by atoms with Gasteiger partial charge in [0, 0.05) is 29.9 Å². The molecule has 2 saturated heterocycles. The van der Waals surface area contributed by atoms with Gasteiger partial charge in [-0.15, -0.1) is 6.58 Å². The summed E-state index contributed by atoms with van der Waals surface area (Å²) < 4.78 is 5.41. The van der Waals surface area contributed by atoms with Gasteiger partial charge in [-0.05, 0) is 56.2 Å². The molecule has 35 heavy (non-hydrogen) atoms. The number of aromatic nitrogens is 1. The maximum Gasteiger partial charge on any atom is 0.270 e. The van der Waals surface area contributed by atoms with Crippen LogP contribution in [0.25, 0.3) is 10.9 Å². The van der Waals surface area contributed by atoms with E-state index < -0.39 is 12.1 Å². The number of nitriles is 1.